The lowest BCUT2D eigenvalue weighted by molar-refractivity contribution is 0.112. The molecule has 0 spiro atoms. The molecular weight excluding hydrogens is 176 g/mol. The molecule has 0 fully saturated rings. The third-order valence-electron chi connectivity index (χ3n) is 1.98. The number of nitrogens with one attached hydrogen (secondary N) is 1. The van der Waals surface area contributed by atoms with Gasteiger partial charge in [-0.3, -0.25) is 4.79 Å². The molecule has 0 aliphatic rings. The first-order valence-electron chi connectivity index (χ1n) is 4.88. The number of aldehydes is 1. The van der Waals surface area contributed by atoms with Gasteiger partial charge in [-0.15, -0.1) is 0 Å². The van der Waals surface area contributed by atoms with E-state index in [1.807, 2.05) is 0 Å². The molecule has 1 aromatic heterocycles. The van der Waals surface area contributed by atoms with Crippen molar-refractivity contribution in [1.82, 2.24) is 4.98 Å². The van der Waals surface area contributed by atoms with Crippen LogP contribution < -0.4 is 5.32 Å². The van der Waals surface area contributed by atoms with Gasteiger partial charge in [0.25, 0.3) is 0 Å². The van der Waals surface area contributed by atoms with Crippen LogP contribution in [-0.4, -0.2) is 17.8 Å². The predicted octanol–water partition coefficient (Wildman–Crippen LogP) is 2.35. The highest BCUT2D eigenvalue weighted by molar-refractivity contribution is 5.82. The Balaban J connectivity index is 2.53. The van der Waals surface area contributed by atoms with Crippen LogP contribution in [0.5, 0.6) is 0 Å². The van der Waals surface area contributed by atoms with Gasteiger partial charge in [0.15, 0.2) is 6.29 Å². The summed E-state index contributed by atoms with van der Waals surface area (Å²) >= 11 is 0. The summed E-state index contributed by atoms with van der Waals surface area (Å²) in [5.41, 5.74) is 0.622. The lowest BCUT2D eigenvalue weighted by atomic mass is 10.1. The van der Waals surface area contributed by atoms with E-state index in [1.165, 1.54) is 0 Å². The molecule has 0 radical (unpaired) electrons. The van der Waals surface area contributed by atoms with E-state index in [1.54, 1.807) is 18.3 Å². The highest BCUT2D eigenvalue weighted by atomic mass is 16.1. The fourth-order valence-corrected chi connectivity index (χ4v) is 1.14. The summed E-state index contributed by atoms with van der Waals surface area (Å²) in [7, 11) is 0. The van der Waals surface area contributed by atoms with E-state index in [-0.39, 0.29) is 0 Å². The number of nitrogens with zero attached hydrogens (tertiary/aromatic N) is 1. The topological polar surface area (TPSA) is 42.0 Å². The molecule has 76 valence electrons. The first kappa shape index (κ1) is 10.7. The Morgan fingerprint density at radius 2 is 2.36 bits per heavy atom. The van der Waals surface area contributed by atoms with Crippen molar-refractivity contribution in [2.45, 2.75) is 20.3 Å². The van der Waals surface area contributed by atoms with E-state index >= 15 is 0 Å². The Morgan fingerprint density at radius 3 is 3.00 bits per heavy atom. The highest BCUT2D eigenvalue weighted by Gasteiger charge is 2.00. The fourth-order valence-electron chi connectivity index (χ4n) is 1.14. The third kappa shape index (κ3) is 3.17. The molecule has 0 aliphatic carbocycles. The maximum atomic E-state index is 10.6. The van der Waals surface area contributed by atoms with Gasteiger partial charge < -0.3 is 5.32 Å². The van der Waals surface area contributed by atoms with Gasteiger partial charge in [0.2, 0.25) is 0 Å². The van der Waals surface area contributed by atoms with Gasteiger partial charge in [-0.05, 0) is 24.5 Å². The molecule has 1 N–H and O–H groups in total. The molecule has 1 heterocycles. The summed E-state index contributed by atoms with van der Waals surface area (Å²) in [5, 5.41) is 3.15. The van der Waals surface area contributed by atoms with Gasteiger partial charge in [-0.1, -0.05) is 13.8 Å². The van der Waals surface area contributed by atoms with Crippen molar-refractivity contribution >= 4 is 12.1 Å². The quantitative estimate of drug-likeness (QED) is 0.728. The van der Waals surface area contributed by atoms with E-state index in [4.69, 9.17) is 0 Å². The van der Waals surface area contributed by atoms with Crippen LogP contribution in [0.15, 0.2) is 18.3 Å². The maximum Gasteiger partial charge on any atom is 0.153 e. The molecule has 0 saturated carbocycles. The number of rotatable bonds is 5. The van der Waals surface area contributed by atoms with Crippen LogP contribution in [0.3, 0.4) is 0 Å². The number of hydrogen-bond donors (Lipinski definition) is 1. The standard InChI is InChI=1S/C11H16N2O/c1-9(2)5-7-13-11-10(8-14)4-3-6-12-11/h3-4,6,8-9H,5,7H2,1-2H3,(H,12,13). The van der Waals surface area contributed by atoms with Crippen molar-refractivity contribution in [2.75, 3.05) is 11.9 Å². The van der Waals surface area contributed by atoms with Crippen LogP contribution in [0.25, 0.3) is 0 Å². The van der Waals surface area contributed by atoms with Gasteiger partial charge in [0, 0.05) is 12.7 Å². The smallest absolute Gasteiger partial charge is 0.153 e. The van der Waals surface area contributed by atoms with Crippen molar-refractivity contribution in [3.63, 3.8) is 0 Å². The minimum Gasteiger partial charge on any atom is -0.369 e. The molecule has 1 aromatic rings. The van der Waals surface area contributed by atoms with Crippen LogP contribution in [0.1, 0.15) is 30.6 Å². The first-order valence-corrected chi connectivity index (χ1v) is 4.88. The summed E-state index contributed by atoms with van der Waals surface area (Å²) in [6.45, 7) is 5.19. The van der Waals surface area contributed by atoms with Crippen LogP contribution in [0, 0.1) is 5.92 Å². The summed E-state index contributed by atoms with van der Waals surface area (Å²) < 4.78 is 0. The number of anilines is 1. The Labute approximate surface area is 84.6 Å². The van der Waals surface area contributed by atoms with Crippen molar-refractivity contribution in [3.05, 3.63) is 23.9 Å². The Hall–Kier alpha value is -1.38. The van der Waals surface area contributed by atoms with E-state index in [9.17, 15) is 4.79 Å². The average Bonchev–Trinajstić information content (AvgIpc) is 2.18. The number of carbonyl (C=O) groups is 1. The Kier molecular flexibility index (Phi) is 4.11. The monoisotopic (exact) mass is 192 g/mol. The lowest BCUT2D eigenvalue weighted by Crippen LogP contribution is -2.07. The third-order valence-corrected chi connectivity index (χ3v) is 1.98. The fraction of sp³-hybridized carbons (Fsp3) is 0.455. The molecule has 0 aliphatic heterocycles. The molecule has 14 heavy (non-hydrogen) atoms. The molecule has 3 heteroatoms. The molecule has 1 rings (SSSR count). The van der Waals surface area contributed by atoms with Crippen molar-refractivity contribution in [3.8, 4) is 0 Å². The van der Waals surface area contributed by atoms with Crippen LogP contribution in [0.4, 0.5) is 5.82 Å². The van der Waals surface area contributed by atoms with Crippen molar-refractivity contribution < 1.29 is 4.79 Å². The van der Waals surface area contributed by atoms with Crippen LogP contribution in [-0.2, 0) is 0 Å². The largest absolute Gasteiger partial charge is 0.369 e. The normalized spacial score (nSPS) is 10.2. The second-order valence-electron chi connectivity index (χ2n) is 3.67. The van der Waals surface area contributed by atoms with Crippen molar-refractivity contribution in [2.24, 2.45) is 5.92 Å². The van der Waals surface area contributed by atoms with Crippen LogP contribution in [0.2, 0.25) is 0 Å². The second kappa shape index (κ2) is 5.37. The molecule has 0 amide bonds. The molecule has 0 atom stereocenters. The zero-order valence-electron chi connectivity index (χ0n) is 8.66. The van der Waals surface area contributed by atoms with Gasteiger partial charge in [-0.25, -0.2) is 4.98 Å². The minimum absolute atomic E-state index is 0.622. The number of hydrogen-bond acceptors (Lipinski definition) is 3. The summed E-state index contributed by atoms with van der Waals surface area (Å²) in [6, 6.07) is 3.52. The second-order valence-corrected chi connectivity index (χ2v) is 3.67. The molecule has 3 nitrogen and oxygen atoms in total. The highest BCUT2D eigenvalue weighted by Crippen LogP contribution is 2.09. The van der Waals surface area contributed by atoms with Crippen LogP contribution >= 0.6 is 0 Å². The van der Waals surface area contributed by atoms with E-state index in [0.29, 0.717) is 17.3 Å². The maximum absolute atomic E-state index is 10.6. The Morgan fingerprint density at radius 1 is 1.57 bits per heavy atom. The van der Waals surface area contributed by atoms with Gasteiger partial charge in [0.05, 0.1) is 5.56 Å². The zero-order chi connectivity index (χ0) is 10.4. The summed E-state index contributed by atoms with van der Waals surface area (Å²) in [5.74, 6) is 1.34. The molecule has 0 saturated heterocycles. The zero-order valence-corrected chi connectivity index (χ0v) is 8.66. The molecular formula is C11H16N2O. The average molecular weight is 192 g/mol. The van der Waals surface area contributed by atoms with Crippen molar-refractivity contribution in [1.29, 1.82) is 0 Å². The summed E-state index contributed by atoms with van der Waals surface area (Å²) in [6.07, 6.45) is 3.59. The van der Waals surface area contributed by atoms with Gasteiger partial charge in [-0.2, -0.15) is 0 Å². The van der Waals surface area contributed by atoms with E-state index in [2.05, 4.69) is 24.1 Å². The minimum atomic E-state index is 0.622. The molecule has 0 bridgehead atoms. The van der Waals surface area contributed by atoms with Gasteiger partial charge >= 0.3 is 0 Å². The first-order chi connectivity index (χ1) is 6.74. The Bertz CT molecular complexity index is 297. The van der Waals surface area contributed by atoms with E-state index < -0.39 is 0 Å². The number of carbonyl (C=O) groups excluding carboxylic acids is 1. The van der Waals surface area contributed by atoms with Gasteiger partial charge in [0.1, 0.15) is 5.82 Å². The molecule has 0 unspecified atom stereocenters. The van der Waals surface area contributed by atoms with E-state index in [0.717, 1.165) is 19.3 Å². The summed E-state index contributed by atoms with van der Waals surface area (Å²) in [4.78, 5) is 14.7. The number of aromatic nitrogens is 1. The predicted molar refractivity (Wildman–Crippen MR) is 57.6 cm³/mol. The lowest BCUT2D eigenvalue weighted by Gasteiger charge is -2.08. The molecule has 0 aromatic carbocycles. The SMILES string of the molecule is CC(C)CCNc1ncccc1C=O. The number of pyridine rings is 1.